The fraction of sp³-hybridized carbons (Fsp3) is 0.487. The van der Waals surface area contributed by atoms with Crippen LogP contribution in [0.5, 0.6) is 0 Å². The largest absolute Gasteiger partial charge is 0.383 e. The van der Waals surface area contributed by atoms with E-state index < -0.39 is 11.7 Å². The molecule has 258 valence electrons. The monoisotopic (exact) mass is 664 g/mol. The number of fused-ring (bicyclic) bond motifs is 4. The number of carbonyl (C=O) groups excluding carboxylic acids is 1. The quantitative estimate of drug-likeness (QED) is 0.203. The molecule has 3 saturated carbocycles. The molecule has 3 fully saturated rings. The van der Waals surface area contributed by atoms with Crippen LogP contribution in [-0.2, 0) is 17.9 Å². The van der Waals surface area contributed by atoms with Crippen LogP contribution in [0.4, 0.5) is 4.39 Å². The van der Waals surface area contributed by atoms with Crippen molar-refractivity contribution in [3.63, 3.8) is 0 Å². The van der Waals surface area contributed by atoms with Crippen LogP contribution in [0.1, 0.15) is 83.3 Å². The molecule has 4 aliphatic carbocycles. The standard InChI is InChI=1S/C39H49FN8O/c1-7-30-25(3)26(4)35(30)45-20-29-16-28(8-9-31(29)40)19-44-27(5)32-17-37(6,48-33(42)21-43-22-34(48)47-32)36(49)46-23-38-10-13-39(14-11-38,15-12-38)24(2)18-41/h8-9,16,21-22,26,33,44-45H,2-3,5,7,10-15,17,19-20,23,42H2,1,4,6H3,(H,46,49). The predicted octanol–water partition coefficient (Wildman–Crippen LogP) is 6.00. The Balaban J connectivity index is 1.12. The lowest BCUT2D eigenvalue weighted by atomic mass is 9.52. The summed E-state index contributed by atoms with van der Waals surface area (Å²) in [7, 11) is 0. The van der Waals surface area contributed by atoms with E-state index in [9.17, 15) is 14.4 Å². The van der Waals surface area contributed by atoms with E-state index in [1.807, 2.05) is 17.9 Å². The third-order valence-electron chi connectivity index (χ3n) is 12.0. The van der Waals surface area contributed by atoms with Crippen molar-refractivity contribution in [1.82, 2.24) is 20.9 Å². The second kappa shape index (κ2) is 13.1. The van der Waals surface area contributed by atoms with Gasteiger partial charge in [-0.1, -0.05) is 39.7 Å². The normalized spacial score (nSPS) is 30.0. The van der Waals surface area contributed by atoms with Crippen molar-refractivity contribution >= 4 is 17.8 Å². The fourth-order valence-electron chi connectivity index (χ4n) is 8.50. The van der Waals surface area contributed by atoms with Crippen LogP contribution in [0.3, 0.4) is 0 Å². The summed E-state index contributed by atoms with van der Waals surface area (Å²) in [6.07, 6.45) is 9.54. The van der Waals surface area contributed by atoms with Crippen LogP contribution in [0.15, 0.2) is 88.1 Å². The van der Waals surface area contributed by atoms with Crippen molar-refractivity contribution in [3.05, 3.63) is 95.0 Å². The number of halogens is 1. The Hall–Kier alpha value is -4.49. The lowest BCUT2D eigenvalue weighted by molar-refractivity contribution is -0.133. The van der Waals surface area contributed by atoms with E-state index in [4.69, 9.17) is 10.7 Å². The summed E-state index contributed by atoms with van der Waals surface area (Å²) in [4.78, 5) is 25.2. The average molecular weight is 665 g/mol. The van der Waals surface area contributed by atoms with Gasteiger partial charge in [-0.25, -0.2) is 9.38 Å². The topological polar surface area (TPSA) is 131 Å². The molecule has 10 heteroatoms. The van der Waals surface area contributed by atoms with Crippen LogP contribution in [0, 0.1) is 33.9 Å². The lowest BCUT2D eigenvalue weighted by Crippen LogP contribution is -2.65. The highest BCUT2D eigenvalue weighted by Gasteiger charge is 2.52. The van der Waals surface area contributed by atoms with Gasteiger partial charge in [-0.05, 0) is 86.1 Å². The Morgan fingerprint density at radius 2 is 1.88 bits per heavy atom. The van der Waals surface area contributed by atoms with Gasteiger partial charge in [-0.15, -0.1) is 0 Å². The average Bonchev–Trinajstić information content (AvgIpc) is 3.12. The van der Waals surface area contributed by atoms with Gasteiger partial charge in [0.05, 0.1) is 18.0 Å². The number of nitrogens with zero attached hydrogens (tertiary/aromatic N) is 4. The Kier molecular flexibility index (Phi) is 9.18. The van der Waals surface area contributed by atoms with Crippen molar-refractivity contribution in [2.75, 3.05) is 6.54 Å². The molecule has 0 radical (unpaired) electrons. The third-order valence-corrected chi connectivity index (χ3v) is 12.0. The molecule has 7 rings (SSSR count). The maximum Gasteiger partial charge on any atom is 0.246 e. The van der Waals surface area contributed by atoms with E-state index in [0.717, 1.165) is 61.8 Å². The number of allylic oxidation sites excluding steroid dienone is 4. The summed E-state index contributed by atoms with van der Waals surface area (Å²) in [6.45, 7) is 20.0. The molecule has 2 aliphatic heterocycles. The summed E-state index contributed by atoms with van der Waals surface area (Å²) < 4.78 is 14.8. The van der Waals surface area contributed by atoms with E-state index >= 15 is 0 Å². The molecule has 1 amide bonds. The first-order valence-electron chi connectivity index (χ1n) is 17.5. The minimum absolute atomic E-state index is 0.0217. The number of amides is 1. The molecule has 3 unspecified atom stereocenters. The number of rotatable bonds is 12. The fourth-order valence-corrected chi connectivity index (χ4v) is 8.50. The zero-order valence-corrected chi connectivity index (χ0v) is 29.1. The molecular weight excluding hydrogens is 615 g/mol. The minimum Gasteiger partial charge on any atom is -0.383 e. The Labute approximate surface area is 289 Å². The molecule has 2 bridgehead atoms. The van der Waals surface area contributed by atoms with E-state index in [2.05, 4.69) is 60.6 Å². The summed E-state index contributed by atoms with van der Waals surface area (Å²) in [6, 6.07) is 7.43. The van der Waals surface area contributed by atoms with Crippen molar-refractivity contribution in [3.8, 4) is 6.07 Å². The van der Waals surface area contributed by atoms with Crippen molar-refractivity contribution < 1.29 is 9.18 Å². The van der Waals surface area contributed by atoms with Crippen LogP contribution >= 0.6 is 0 Å². The Morgan fingerprint density at radius 3 is 2.55 bits per heavy atom. The van der Waals surface area contributed by atoms with E-state index in [1.165, 1.54) is 11.6 Å². The SMILES string of the molecule is C=C(NCc1ccc(F)c(CNC2=C(CC)C(=C)C2C)c1)C1=NC2=CN=CC(N)N2C(C)(C(=O)NCC23CCC(C(=C)C#N)(CC2)CC3)C1. The molecular formula is C39H49FN8O. The first-order chi connectivity index (χ1) is 23.3. The Bertz CT molecular complexity index is 1740. The van der Waals surface area contributed by atoms with E-state index in [-0.39, 0.29) is 28.5 Å². The van der Waals surface area contributed by atoms with Crippen molar-refractivity contribution in [2.24, 2.45) is 32.5 Å². The summed E-state index contributed by atoms with van der Waals surface area (Å²) >= 11 is 0. The van der Waals surface area contributed by atoms with Gasteiger partial charge in [-0.2, -0.15) is 5.26 Å². The zero-order chi connectivity index (χ0) is 35.1. The van der Waals surface area contributed by atoms with Crippen molar-refractivity contribution in [2.45, 2.75) is 96.9 Å². The van der Waals surface area contributed by atoms with Gasteiger partial charge in [0.25, 0.3) is 0 Å². The predicted molar refractivity (Wildman–Crippen MR) is 192 cm³/mol. The Morgan fingerprint density at radius 1 is 1.16 bits per heavy atom. The summed E-state index contributed by atoms with van der Waals surface area (Å²) in [5, 5.41) is 19.6. The number of hydrogen-bond donors (Lipinski definition) is 4. The molecule has 1 aromatic carbocycles. The molecule has 9 nitrogen and oxygen atoms in total. The highest BCUT2D eigenvalue weighted by Crippen LogP contribution is 2.59. The van der Waals surface area contributed by atoms with Crippen molar-refractivity contribution in [1.29, 1.82) is 5.26 Å². The first kappa shape index (κ1) is 34.4. The second-order valence-electron chi connectivity index (χ2n) is 14.8. The number of aliphatic imine (C=N–C) groups is 2. The number of nitriles is 1. The second-order valence-corrected chi connectivity index (χ2v) is 14.8. The van der Waals surface area contributed by atoms with E-state index in [0.29, 0.717) is 54.4 Å². The molecule has 0 spiro atoms. The van der Waals surface area contributed by atoms with Gasteiger partial charge >= 0.3 is 0 Å². The molecule has 0 saturated heterocycles. The molecule has 1 aromatic rings. The lowest BCUT2D eigenvalue weighted by Gasteiger charge is -2.54. The number of nitrogens with two attached hydrogens (primary N) is 1. The molecule has 0 aromatic heterocycles. The van der Waals surface area contributed by atoms with Crippen LogP contribution in [0.25, 0.3) is 0 Å². The number of benzene rings is 1. The number of nitrogens with one attached hydrogen (secondary N) is 3. The third kappa shape index (κ3) is 6.14. The van der Waals surface area contributed by atoms with Gasteiger partial charge in [0.1, 0.15) is 23.3 Å². The van der Waals surface area contributed by atoms with Crippen LogP contribution < -0.4 is 21.7 Å². The number of hydrogen-bond acceptors (Lipinski definition) is 8. The zero-order valence-electron chi connectivity index (χ0n) is 29.1. The molecule has 5 N–H and O–H groups in total. The van der Waals surface area contributed by atoms with E-state index in [1.54, 1.807) is 18.5 Å². The van der Waals surface area contributed by atoms with Gasteiger partial charge in [0.2, 0.25) is 5.91 Å². The first-order valence-corrected chi connectivity index (χ1v) is 17.5. The van der Waals surface area contributed by atoms with Crippen LogP contribution in [0.2, 0.25) is 0 Å². The molecule has 6 aliphatic rings. The smallest absolute Gasteiger partial charge is 0.246 e. The molecule has 49 heavy (non-hydrogen) atoms. The highest BCUT2D eigenvalue weighted by atomic mass is 19.1. The molecule has 3 atom stereocenters. The summed E-state index contributed by atoms with van der Waals surface area (Å²) in [5.74, 6) is 0.390. The maximum absolute atomic E-state index is 14.8. The van der Waals surface area contributed by atoms with Crippen LogP contribution in [-0.4, -0.2) is 41.0 Å². The molecule has 2 heterocycles. The maximum atomic E-state index is 14.8. The summed E-state index contributed by atoms with van der Waals surface area (Å²) in [5.41, 5.74) is 12.3. The highest BCUT2D eigenvalue weighted by molar-refractivity contribution is 6.05. The minimum atomic E-state index is -1.04. The number of carbonyl (C=O) groups is 1. The van der Waals surface area contributed by atoms with Gasteiger partial charge in [-0.3, -0.25) is 9.79 Å². The van der Waals surface area contributed by atoms with Gasteiger partial charge in [0.15, 0.2) is 0 Å². The van der Waals surface area contributed by atoms with Gasteiger partial charge < -0.3 is 26.6 Å². The van der Waals surface area contributed by atoms with Gasteiger partial charge in [0, 0.05) is 66.1 Å².